The topological polar surface area (TPSA) is 3.24 Å². The number of anilines is 2. The van der Waals surface area contributed by atoms with Crippen LogP contribution < -0.4 is 4.90 Å². The second-order valence-corrected chi connectivity index (χ2v) is 5.25. The van der Waals surface area contributed by atoms with Gasteiger partial charge >= 0.3 is 0 Å². The first-order valence-corrected chi connectivity index (χ1v) is 7.35. The van der Waals surface area contributed by atoms with Crippen LogP contribution in [0, 0.1) is 0 Å². The molecular weight excluding hydrogens is 266 g/mol. The van der Waals surface area contributed by atoms with Crippen LogP contribution in [0.15, 0.2) is 73.8 Å². The van der Waals surface area contributed by atoms with Gasteiger partial charge in [0.2, 0.25) is 0 Å². The highest BCUT2D eigenvalue weighted by Gasteiger charge is 2.14. The van der Waals surface area contributed by atoms with Gasteiger partial charge in [0.1, 0.15) is 0 Å². The average Bonchev–Trinajstić information content (AvgIpc) is 2.60. The standard InChI is InChI=1S/C21H19N/c1-4-16-15-17-11-9-10-14-20(17)21(19(16)5-2)22(3)18-12-7-6-8-13-18/h4-15H,1-2H2,3H3. The van der Waals surface area contributed by atoms with Crippen LogP contribution in [0.4, 0.5) is 11.4 Å². The van der Waals surface area contributed by atoms with Crippen molar-refractivity contribution >= 4 is 34.3 Å². The van der Waals surface area contributed by atoms with E-state index in [9.17, 15) is 0 Å². The summed E-state index contributed by atoms with van der Waals surface area (Å²) in [7, 11) is 2.09. The van der Waals surface area contributed by atoms with Crippen LogP contribution >= 0.6 is 0 Å². The summed E-state index contributed by atoms with van der Waals surface area (Å²) in [4.78, 5) is 2.21. The van der Waals surface area contributed by atoms with Crippen LogP contribution in [-0.2, 0) is 0 Å². The van der Waals surface area contributed by atoms with Gasteiger partial charge in [-0.25, -0.2) is 0 Å². The Balaban J connectivity index is 2.35. The molecule has 3 rings (SSSR count). The molecule has 1 nitrogen and oxygen atoms in total. The van der Waals surface area contributed by atoms with E-state index in [4.69, 9.17) is 0 Å². The lowest BCUT2D eigenvalue weighted by Gasteiger charge is -2.25. The molecule has 0 aliphatic rings. The normalized spacial score (nSPS) is 10.4. The fourth-order valence-electron chi connectivity index (χ4n) is 2.89. The average molecular weight is 285 g/mol. The highest BCUT2D eigenvalue weighted by molar-refractivity contribution is 6.02. The van der Waals surface area contributed by atoms with Crippen molar-refractivity contribution in [2.24, 2.45) is 0 Å². The predicted molar refractivity (Wildman–Crippen MR) is 98.6 cm³/mol. The maximum Gasteiger partial charge on any atom is 0.0567 e. The van der Waals surface area contributed by atoms with Gasteiger partial charge in [-0.3, -0.25) is 0 Å². The van der Waals surface area contributed by atoms with E-state index in [2.05, 4.69) is 79.7 Å². The van der Waals surface area contributed by atoms with E-state index >= 15 is 0 Å². The SMILES string of the molecule is C=Cc1cc2ccccc2c(N(C)c2ccccc2)c1C=C. The molecule has 0 saturated heterocycles. The summed E-state index contributed by atoms with van der Waals surface area (Å²) in [5, 5.41) is 2.43. The highest BCUT2D eigenvalue weighted by Crippen LogP contribution is 2.37. The van der Waals surface area contributed by atoms with Gasteiger partial charge in [-0.1, -0.05) is 67.8 Å². The minimum atomic E-state index is 1.10. The lowest BCUT2D eigenvalue weighted by molar-refractivity contribution is 1.22. The summed E-state index contributed by atoms with van der Waals surface area (Å²) in [6.07, 6.45) is 3.81. The molecule has 0 aromatic heterocycles. The maximum absolute atomic E-state index is 4.01. The quantitative estimate of drug-likeness (QED) is 0.577. The fourth-order valence-corrected chi connectivity index (χ4v) is 2.89. The second kappa shape index (κ2) is 5.90. The van der Waals surface area contributed by atoms with Gasteiger partial charge in [-0.2, -0.15) is 0 Å². The molecule has 0 fully saturated rings. The van der Waals surface area contributed by atoms with Gasteiger partial charge in [-0.05, 0) is 29.1 Å². The molecule has 0 aliphatic carbocycles. The number of nitrogens with zero attached hydrogens (tertiary/aromatic N) is 1. The molecule has 0 unspecified atom stereocenters. The van der Waals surface area contributed by atoms with Crippen LogP contribution in [0.5, 0.6) is 0 Å². The zero-order valence-corrected chi connectivity index (χ0v) is 12.8. The number of rotatable bonds is 4. The van der Waals surface area contributed by atoms with Gasteiger partial charge in [0.25, 0.3) is 0 Å². The Kier molecular flexibility index (Phi) is 3.80. The van der Waals surface area contributed by atoms with Crippen molar-refractivity contribution in [2.45, 2.75) is 0 Å². The Hall–Kier alpha value is -2.80. The van der Waals surface area contributed by atoms with E-state index in [0.29, 0.717) is 0 Å². The molecular formula is C21H19N. The summed E-state index contributed by atoms with van der Waals surface area (Å²) in [6.45, 7) is 7.96. The second-order valence-electron chi connectivity index (χ2n) is 5.25. The molecule has 1 heteroatoms. The Bertz CT molecular complexity index is 831. The summed E-state index contributed by atoms with van der Waals surface area (Å²) in [5.74, 6) is 0. The van der Waals surface area contributed by atoms with Crippen LogP contribution in [0.1, 0.15) is 11.1 Å². The third-order valence-corrected chi connectivity index (χ3v) is 4.00. The first-order chi connectivity index (χ1) is 10.8. The van der Waals surface area contributed by atoms with Gasteiger partial charge in [-0.15, -0.1) is 0 Å². The van der Waals surface area contributed by atoms with E-state index in [1.165, 1.54) is 10.8 Å². The molecule has 3 aromatic carbocycles. The first-order valence-electron chi connectivity index (χ1n) is 7.35. The van der Waals surface area contributed by atoms with Crippen LogP contribution in [-0.4, -0.2) is 7.05 Å². The maximum atomic E-state index is 4.01. The molecule has 0 radical (unpaired) electrons. The third-order valence-electron chi connectivity index (χ3n) is 4.00. The molecule has 0 aliphatic heterocycles. The monoisotopic (exact) mass is 285 g/mol. The van der Waals surface area contributed by atoms with Crippen LogP contribution in [0.2, 0.25) is 0 Å². The van der Waals surface area contributed by atoms with Crippen LogP contribution in [0.3, 0.4) is 0 Å². The molecule has 22 heavy (non-hydrogen) atoms. The number of hydrogen-bond donors (Lipinski definition) is 0. The number of benzene rings is 3. The minimum absolute atomic E-state index is 1.10. The molecule has 108 valence electrons. The zero-order valence-electron chi connectivity index (χ0n) is 12.8. The minimum Gasteiger partial charge on any atom is -0.344 e. The summed E-state index contributed by atoms with van der Waals surface area (Å²) < 4.78 is 0. The summed E-state index contributed by atoms with van der Waals surface area (Å²) in [5.41, 5.74) is 4.53. The molecule has 0 N–H and O–H groups in total. The number of fused-ring (bicyclic) bond motifs is 1. The van der Waals surface area contributed by atoms with Crippen molar-refractivity contribution < 1.29 is 0 Å². The summed E-state index contributed by atoms with van der Waals surface area (Å²) >= 11 is 0. The van der Waals surface area contributed by atoms with Crippen molar-refractivity contribution in [3.05, 3.63) is 84.9 Å². The van der Waals surface area contributed by atoms with Gasteiger partial charge < -0.3 is 4.90 Å². The van der Waals surface area contributed by atoms with E-state index in [1.54, 1.807) is 0 Å². The van der Waals surface area contributed by atoms with Gasteiger partial charge in [0.05, 0.1) is 5.69 Å². The Morgan fingerprint density at radius 3 is 2.23 bits per heavy atom. The Morgan fingerprint density at radius 2 is 1.55 bits per heavy atom. The molecule has 0 atom stereocenters. The molecule has 0 amide bonds. The smallest absolute Gasteiger partial charge is 0.0567 e. The lowest BCUT2D eigenvalue weighted by Crippen LogP contribution is -2.12. The number of para-hydroxylation sites is 1. The van der Waals surface area contributed by atoms with Crippen molar-refractivity contribution in [3.63, 3.8) is 0 Å². The summed E-state index contributed by atoms with van der Waals surface area (Å²) in [6, 6.07) is 21.0. The molecule has 0 heterocycles. The van der Waals surface area contributed by atoms with Crippen molar-refractivity contribution in [1.29, 1.82) is 0 Å². The van der Waals surface area contributed by atoms with Crippen LogP contribution in [0.25, 0.3) is 22.9 Å². The van der Waals surface area contributed by atoms with Crippen molar-refractivity contribution in [3.8, 4) is 0 Å². The van der Waals surface area contributed by atoms with Crippen molar-refractivity contribution in [1.82, 2.24) is 0 Å². The van der Waals surface area contributed by atoms with E-state index in [1.807, 2.05) is 18.2 Å². The molecule has 0 spiro atoms. The first kappa shape index (κ1) is 14.2. The fraction of sp³-hybridized carbons (Fsp3) is 0.0476. The largest absolute Gasteiger partial charge is 0.344 e. The molecule has 0 bridgehead atoms. The van der Waals surface area contributed by atoms with E-state index < -0.39 is 0 Å². The number of hydrogen-bond acceptors (Lipinski definition) is 1. The third kappa shape index (κ3) is 2.31. The van der Waals surface area contributed by atoms with Gasteiger partial charge in [0.15, 0.2) is 0 Å². The molecule has 3 aromatic rings. The van der Waals surface area contributed by atoms with E-state index in [0.717, 1.165) is 22.5 Å². The lowest BCUT2D eigenvalue weighted by atomic mass is 9.97. The van der Waals surface area contributed by atoms with E-state index in [-0.39, 0.29) is 0 Å². The highest BCUT2D eigenvalue weighted by atomic mass is 15.1. The Labute approximate surface area is 131 Å². The van der Waals surface area contributed by atoms with Gasteiger partial charge in [0, 0.05) is 23.7 Å². The Morgan fingerprint density at radius 1 is 0.864 bits per heavy atom. The predicted octanol–water partition coefficient (Wildman–Crippen LogP) is 5.89. The molecule has 0 saturated carbocycles. The zero-order chi connectivity index (χ0) is 15.5. The van der Waals surface area contributed by atoms with Crippen molar-refractivity contribution in [2.75, 3.05) is 11.9 Å².